The van der Waals surface area contributed by atoms with Crippen LogP contribution in [0.1, 0.15) is 23.1 Å². The van der Waals surface area contributed by atoms with Crippen LogP contribution in [0.5, 0.6) is 5.75 Å². The van der Waals surface area contributed by atoms with Crippen LogP contribution in [0.3, 0.4) is 0 Å². The average molecular weight is 243 g/mol. The normalized spacial score (nSPS) is 11.6. The van der Waals surface area contributed by atoms with E-state index < -0.39 is 5.92 Å². The molecule has 0 spiro atoms. The summed E-state index contributed by atoms with van der Waals surface area (Å²) >= 11 is 0. The van der Waals surface area contributed by atoms with E-state index in [1.165, 1.54) is 7.11 Å². The number of alkyl halides is 2. The number of hydrogen-bond acceptors (Lipinski definition) is 2. The van der Waals surface area contributed by atoms with Crippen molar-refractivity contribution >= 4 is 0 Å². The summed E-state index contributed by atoms with van der Waals surface area (Å²) in [5.74, 6) is -2.60. The van der Waals surface area contributed by atoms with Gasteiger partial charge in [0.2, 0.25) is 0 Å². The van der Waals surface area contributed by atoms with Gasteiger partial charge in [-0.05, 0) is 38.1 Å². The van der Waals surface area contributed by atoms with Crippen molar-refractivity contribution in [1.29, 1.82) is 0 Å². The Morgan fingerprint density at radius 2 is 1.94 bits per heavy atom. The predicted molar refractivity (Wildman–Crippen MR) is 64.9 cm³/mol. The standard InChI is InChI=1S/C13H19F2NO/c1-9-7-10(2)12(11(8-9)17-4)13(14,15)5-6-16-3/h7-8,16H,5-6H2,1-4H3. The molecule has 0 bridgehead atoms. The van der Waals surface area contributed by atoms with Crippen molar-refractivity contribution in [2.75, 3.05) is 20.7 Å². The summed E-state index contributed by atoms with van der Waals surface area (Å²) in [6.07, 6.45) is -0.232. The lowest BCUT2D eigenvalue weighted by molar-refractivity contribution is -0.0150. The molecule has 0 heterocycles. The number of rotatable bonds is 5. The molecule has 1 aromatic carbocycles. The van der Waals surface area contributed by atoms with Gasteiger partial charge in [0.05, 0.1) is 12.7 Å². The topological polar surface area (TPSA) is 21.3 Å². The molecule has 96 valence electrons. The van der Waals surface area contributed by atoms with Crippen molar-refractivity contribution in [3.63, 3.8) is 0 Å². The Morgan fingerprint density at radius 3 is 2.47 bits per heavy atom. The minimum absolute atomic E-state index is 0.000787. The number of hydrogen-bond donors (Lipinski definition) is 1. The number of methoxy groups -OCH3 is 1. The monoisotopic (exact) mass is 243 g/mol. The summed E-state index contributed by atoms with van der Waals surface area (Å²) in [4.78, 5) is 0. The zero-order valence-electron chi connectivity index (χ0n) is 10.7. The quantitative estimate of drug-likeness (QED) is 0.858. The lowest BCUT2D eigenvalue weighted by atomic mass is 9.97. The molecular weight excluding hydrogens is 224 g/mol. The van der Waals surface area contributed by atoms with Gasteiger partial charge in [-0.25, -0.2) is 8.78 Å². The molecule has 0 saturated heterocycles. The number of benzene rings is 1. The number of aryl methyl sites for hydroxylation is 2. The molecule has 0 amide bonds. The highest BCUT2D eigenvalue weighted by Gasteiger charge is 2.35. The zero-order valence-corrected chi connectivity index (χ0v) is 10.7. The van der Waals surface area contributed by atoms with E-state index in [0.717, 1.165) is 5.56 Å². The molecule has 2 nitrogen and oxygen atoms in total. The van der Waals surface area contributed by atoms with Crippen LogP contribution in [0.25, 0.3) is 0 Å². The summed E-state index contributed by atoms with van der Waals surface area (Å²) in [5, 5.41) is 2.74. The van der Waals surface area contributed by atoms with Crippen LogP contribution in [-0.2, 0) is 5.92 Å². The van der Waals surface area contributed by atoms with Gasteiger partial charge in [-0.15, -0.1) is 0 Å². The lowest BCUT2D eigenvalue weighted by Gasteiger charge is -2.22. The van der Waals surface area contributed by atoms with E-state index in [0.29, 0.717) is 5.56 Å². The van der Waals surface area contributed by atoms with Gasteiger partial charge in [-0.2, -0.15) is 0 Å². The number of nitrogens with one attached hydrogen (secondary N) is 1. The van der Waals surface area contributed by atoms with Gasteiger partial charge in [0.15, 0.2) is 0 Å². The van der Waals surface area contributed by atoms with Crippen molar-refractivity contribution < 1.29 is 13.5 Å². The molecule has 4 heteroatoms. The lowest BCUT2D eigenvalue weighted by Crippen LogP contribution is -2.22. The highest BCUT2D eigenvalue weighted by atomic mass is 19.3. The Hall–Kier alpha value is -1.16. The molecule has 0 aliphatic heterocycles. The Labute approximate surface area is 101 Å². The fraction of sp³-hybridized carbons (Fsp3) is 0.538. The molecule has 0 saturated carbocycles. The highest BCUT2D eigenvalue weighted by molar-refractivity contribution is 5.45. The molecule has 0 unspecified atom stereocenters. The Balaban J connectivity index is 3.19. The van der Waals surface area contributed by atoms with Crippen LogP contribution in [-0.4, -0.2) is 20.7 Å². The first-order valence-electron chi connectivity index (χ1n) is 5.60. The third kappa shape index (κ3) is 3.16. The van der Waals surface area contributed by atoms with Gasteiger partial charge >= 0.3 is 0 Å². The molecule has 0 aliphatic carbocycles. The van der Waals surface area contributed by atoms with Gasteiger partial charge in [0.25, 0.3) is 5.92 Å². The molecule has 0 atom stereocenters. The van der Waals surface area contributed by atoms with Crippen LogP contribution in [0, 0.1) is 13.8 Å². The first-order valence-corrected chi connectivity index (χ1v) is 5.60. The van der Waals surface area contributed by atoms with Gasteiger partial charge < -0.3 is 10.1 Å². The van der Waals surface area contributed by atoms with Gasteiger partial charge in [0, 0.05) is 13.0 Å². The summed E-state index contributed by atoms with van der Waals surface area (Å²) in [7, 11) is 3.08. The van der Waals surface area contributed by atoms with E-state index in [1.807, 2.05) is 6.92 Å². The van der Waals surface area contributed by atoms with E-state index in [-0.39, 0.29) is 24.3 Å². The smallest absolute Gasteiger partial charge is 0.278 e. The SMILES string of the molecule is CNCCC(F)(F)c1c(C)cc(C)cc1OC. The van der Waals surface area contributed by atoms with E-state index in [4.69, 9.17) is 4.74 Å². The van der Waals surface area contributed by atoms with Crippen LogP contribution in [0.15, 0.2) is 12.1 Å². The summed E-state index contributed by atoms with van der Waals surface area (Å²) in [5.41, 5.74) is 1.50. The van der Waals surface area contributed by atoms with E-state index >= 15 is 0 Å². The second-order valence-electron chi connectivity index (χ2n) is 4.22. The number of ether oxygens (including phenoxy) is 1. The molecule has 0 fully saturated rings. The maximum absolute atomic E-state index is 14.1. The third-order valence-corrected chi connectivity index (χ3v) is 2.72. The average Bonchev–Trinajstić information content (AvgIpc) is 2.24. The maximum atomic E-state index is 14.1. The fourth-order valence-corrected chi connectivity index (χ4v) is 1.97. The first-order chi connectivity index (χ1) is 7.92. The Kier molecular flexibility index (Phi) is 4.46. The number of halogens is 2. The van der Waals surface area contributed by atoms with Crippen LogP contribution < -0.4 is 10.1 Å². The fourth-order valence-electron chi connectivity index (χ4n) is 1.97. The van der Waals surface area contributed by atoms with Gasteiger partial charge in [-0.3, -0.25) is 0 Å². The van der Waals surface area contributed by atoms with Crippen LogP contribution in [0.4, 0.5) is 8.78 Å². The van der Waals surface area contributed by atoms with Crippen molar-refractivity contribution in [1.82, 2.24) is 5.32 Å². The Morgan fingerprint density at radius 1 is 1.29 bits per heavy atom. The maximum Gasteiger partial charge on any atom is 0.278 e. The van der Waals surface area contributed by atoms with Gasteiger partial charge in [-0.1, -0.05) is 6.07 Å². The minimum atomic E-state index is -2.87. The largest absolute Gasteiger partial charge is 0.496 e. The van der Waals surface area contributed by atoms with Crippen molar-refractivity contribution in [3.05, 3.63) is 28.8 Å². The van der Waals surface area contributed by atoms with Crippen LogP contribution >= 0.6 is 0 Å². The molecule has 17 heavy (non-hydrogen) atoms. The van der Waals surface area contributed by atoms with Crippen LogP contribution in [0.2, 0.25) is 0 Å². The van der Waals surface area contributed by atoms with E-state index in [2.05, 4.69) is 5.32 Å². The molecule has 1 N–H and O–H groups in total. The molecular formula is C13H19F2NO. The van der Waals surface area contributed by atoms with Gasteiger partial charge in [0.1, 0.15) is 5.75 Å². The first kappa shape index (κ1) is 13.9. The molecule has 0 aromatic heterocycles. The van der Waals surface area contributed by atoms with Crippen molar-refractivity contribution in [2.45, 2.75) is 26.2 Å². The summed E-state index contributed by atoms with van der Waals surface area (Å²) in [6.45, 7) is 3.83. The summed E-state index contributed by atoms with van der Waals surface area (Å²) in [6, 6.07) is 3.40. The zero-order chi connectivity index (χ0) is 13.1. The third-order valence-electron chi connectivity index (χ3n) is 2.72. The highest BCUT2D eigenvalue weighted by Crippen LogP contribution is 2.40. The van der Waals surface area contributed by atoms with Crippen molar-refractivity contribution in [3.8, 4) is 5.75 Å². The van der Waals surface area contributed by atoms with Crippen molar-refractivity contribution in [2.24, 2.45) is 0 Å². The molecule has 0 aliphatic rings. The van der Waals surface area contributed by atoms with E-state index in [1.54, 1.807) is 26.1 Å². The minimum Gasteiger partial charge on any atom is -0.496 e. The predicted octanol–water partition coefficient (Wildman–Crippen LogP) is 3.01. The molecule has 0 radical (unpaired) electrons. The second kappa shape index (κ2) is 5.45. The summed E-state index contributed by atoms with van der Waals surface area (Å²) < 4.78 is 33.2. The Bertz CT molecular complexity index is 391. The molecule has 1 rings (SSSR count). The van der Waals surface area contributed by atoms with E-state index in [9.17, 15) is 8.78 Å². The molecule has 1 aromatic rings. The second-order valence-corrected chi connectivity index (χ2v) is 4.22.